The second-order valence-electron chi connectivity index (χ2n) is 7.91. The van der Waals surface area contributed by atoms with Crippen LogP contribution >= 0.6 is 11.6 Å². The fourth-order valence-electron chi connectivity index (χ4n) is 3.70. The third-order valence-corrected chi connectivity index (χ3v) is 6.04. The summed E-state index contributed by atoms with van der Waals surface area (Å²) in [5.41, 5.74) is 6.55. The van der Waals surface area contributed by atoms with Gasteiger partial charge in [0.1, 0.15) is 0 Å². The van der Waals surface area contributed by atoms with Crippen LogP contribution in [0.15, 0.2) is 60.9 Å². The Labute approximate surface area is 185 Å². The molecule has 0 saturated heterocycles. The van der Waals surface area contributed by atoms with E-state index in [4.69, 9.17) is 11.6 Å². The summed E-state index contributed by atoms with van der Waals surface area (Å²) in [6.45, 7) is 2.42. The lowest BCUT2D eigenvalue weighted by molar-refractivity contribution is 0.0950. The van der Waals surface area contributed by atoms with Gasteiger partial charge in [-0.15, -0.1) is 0 Å². The van der Waals surface area contributed by atoms with Gasteiger partial charge >= 0.3 is 0 Å². The maximum Gasteiger partial charge on any atom is 0.255 e. The molecule has 1 fully saturated rings. The minimum absolute atomic E-state index is 0.107. The minimum atomic E-state index is -0.107. The standard InChI is InChI=1S/C24H22ClN5O/c1-15-2-9-19(12-21(15)25)30-23(18-7-8-18)20(14-28-30)24(31)26-13-16-3-5-17(6-4-16)22-10-11-27-29-22/h2-6,9-12,14,18H,7-8,13H2,1H3,(H,26,31)(H,27,29). The number of nitrogens with zero attached hydrogens (tertiary/aromatic N) is 3. The Morgan fingerprint density at radius 3 is 2.68 bits per heavy atom. The lowest BCUT2D eigenvalue weighted by atomic mass is 10.1. The Morgan fingerprint density at radius 1 is 1.19 bits per heavy atom. The van der Waals surface area contributed by atoms with Gasteiger partial charge < -0.3 is 5.32 Å². The van der Waals surface area contributed by atoms with E-state index in [-0.39, 0.29) is 5.91 Å². The van der Waals surface area contributed by atoms with E-state index in [2.05, 4.69) is 20.6 Å². The molecular weight excluding hydrogens is 410 g/mol. The molecule has 0 aliphatic heterocycles. The molecule has 0 spiro atoms. The molecule has 4 aromatic rings. The van der Waals surface area contributed by atoms with Crippen molar-refractivity contribution < 1.29 is 4.79 Å². The van der Waals surface area contributed by atoms with Crippen LogP contribution in [0.4, 0.5) is 0 Å². The van der Waals surface area contributed by atoms with Gasteiger partial charge in [0.25, 0.3) is 5.91 Å². The number of aromatic nitrogens is 4. The van der Waals surface area contributed by atoms with Gasteiger partial charge in [0.15, 0.2) is 0 Å². The van der Waals surface area contributed by atoms with E-state index in [1.54, 1.807) is 12.4 Å². The fraction of sp³-hybridized carbons (Fsp3) is 0.208. The van der Waals surface area contributed by atoms with Crippen molar-refractivity contribution in [3.8, 4) is 16.9 Å². The average Bonchev–Trinajstić information content (AvgIpc) is 3.29. The van der Waals surface area contributed by atoms with Crippen molar-refractivity contribution in [1.29, 1.82) is 0 Å². The number of carbonyl (C=O) groups excluding carboxylic acids is 1. The maximum absolute atomic E-state index is 13.0. The zero-order valence-corrected chi connectivity index (χ0v) is 17.9. The van der Waals surface area contributed by atoms with Gasteiger partial charge in [-0.25, -0.2) is 4.68 Å². The SMILES string of the molecule is Cc1ccc(-n2ncc(C(=O)NCc3ccc(-c4ccn[nH]4)cc3)c2C2CC2)cc1Cl. The number of H-pyrrole nitrogens is 1. The Bertz CT molecular complexity index is 1220. The molecule has 2 aromatic carbocycles. The zero-order valence-electron chi connectivity index (χ0n) is 17.1. The van der Waals surface area contributed by atoms with Crippen molar-refractivity contribution in [2.24, 2.45) is 0 Å². The number of hydrogen-bond donors (Lipinski definition) is 2. The van der Waals surface area contributed by atoms with Crippen molar-refractivity contribution in [1.82, 2.24) is 25.3 Å². The van der Waals surface area contributed by atoms with Crippen LogP contribution in [0.2, 0.25) is 5.02 Å². The second kappa shape index (κ2) is 8.04. The molecule has 5 rings (SSSR count). The first-order chi connectivity index (χ1) is 15.1. The number of nitrogens with one attached hydrogen (secondary N) is 2. The second-order valence-corrected chi connectivity index (χ2v) is 8.32. The van der Waals surface area contributed by atoms with Crippen LogP contribution in [-0.4, -0.2) is 25.9 Å². The third-order valence-electron chi connectivity index (χ3n) is 5.63. The van der Waals surface area contributed by atoms with Crippen LogP contribution in [0.5, 0.6) is 0 Å². The molecule has 0 unspecified atom stereocenters. The lowest BCUT2D eigenvalue weighted by Crippen LogP contribution is -2.23. The van der Waals surface area contributed by atoms with E-state index in [1.807, 2.05) is 60.1 Å². The van der Waals surface area contributed by atoms with Crippen molar-refractivity contribution in [2.45, 2.75) is 32.2 Å². The van der Waals surface area contributed by atoms with Gasteiger partial charge in [-0.1, -0.05) is 41.9 Å². The molecular formula is C24H22ClN5O. The van der Waals surface area contributed by atoms with E-state index >= 15 is 0 Å². The molecule has 2 heterocycles. The molecule has 31 heavy (non-hydrogen) atoms. The van der Waals surface area contributed by atoms with Gasteiger partial charge in [-0.2, -0.15) is 10.2 Å². The van der Waals surface area contributed by atoms with Crippen LogP contribution in [0.25, 0.3) is 16.9 Å². The van der Waals surface area contributed by atoms with Crippen molar-refractivity contribution in [2.75, 3.05) is 0 Å². The molecule has 1 amide bonds. The molecule has 1 aliphatic carbocycles. The highest BCUT2D eigenvalue weighted by molar-refractivity contribution is 6.31. The van der Waals surface area contributed by atoms with Crippen LogP contribution in [-0.2, 0) is 6.54 Å². The number of benzene rings is 2. The zero-order chi connectivity index (χ0) is 21.4. The van der Waals surface area contributed by atoms with E-state index < -0.39 is 0 Å². The molecule has 1 aliphatic rings. The van der Waals surface area contributed by atoms with E-state index in [9.17, 15) is 4.79 Å². The van der Waals surface area contributed by atoms with Crippen LogP contribution in [0, 0.1) is 6.92 Å². The molecule has 2 aromatic heterocycles. The molecule has 2 N–H and O–H groups in total. The number of aromatic amines is 1. The number of hydrogen-bond acceptors (Lipinski definition) is 3. The number of halogens is 1. The highest BCUT2D eigenvalue weighted by Gasteiger charge is 2.33. The quantitative estimate of drug-likeness (QED) is 0.449. The topological polar surface area (TPSA) is 75.6 Å². The molecule has 0 bridgehead atoms. The number of rotatable bonds is 6. The largest absolute Gasteiger partial charge is 0.348 e. The summed E-state index contributed by atoms with van der Waals surface area (Å²) in [6.07, 6.45) is 5.53. The predicted molar refractivity (Wildman–Crippen MR) is 120 cm³/mol. The number of aryl methyl sites for hydroxylation is 1. The van der Waals surface area contributed by atoms with Gasteiger partial charge in [-0.3, -0.25) is 9.89 Å². The molecule has 156 valence electrons. The van der Waals surface area contributed by atoms with E-state index in [0.717, 1.165) is 46.6 Å². The van der Waals surface area contributed by atoms with Crippen LogP contribution < -0.4 is 5.32 Å². The maximum atomic E-state index is 13.0. The van der Waals surface area contributed by atoms with Crippen LogP contribution in [0.3, 0.4) is 0 Å². The van der Waals surface area contributed by atoms with Crippen LogP contribution in [0.1, 0.15) is 45.9 Å². The highest BCUT2D eigenvalue weighted by atomic mass is 35.5. The van der Waals surface area contributed by atoms with Gasteiger partial charge in [0, 0.05) is 23.7 Å². The third kappa shape index (κ3) is 3.99. The monoisotopic (exact) mass is 431 g/mol. The normalized spacial score (nSPS) is 13.4. The summed E-state index contributed by atoms with van der Waals surface area (Å²) in [7, 11) is 0. The van der Waals surface area contributed by atoms with Crippen molar-refractivity contribution in [3.05, 3.63) is 88.3 Å². The Balaban J connectivity index is 1.34. The first-order valence-electron chi connectivity index (χ1n) is 10.3. The summed E-state index contributed by atoms with van der Waals surface area (Å²) >= 11 is 6.32. The first kappa shape index (κ1) is 19.6. The first-order valence-corrected chi connectivity index (χ1v) is 10.7. The lowest BCUT2D eigenvalue weighted by Gasteiger charge is -2.11. The average molecular weight is 432 g/mol. The van der Waals surface area contributed by atoms with E-state index in [1.165, 1.54) is 0 Å². The van der Waals surface area contributed by atoms with Crippen molar-refractivity contribution in [3.63, 3.8) is 0 Å². The Hall–Kier alpha value is -3.38. The highest BCUT2D eigenvalue weighted by Crippen LogP contribution is 2.42. The predicted octanol–water partition coefficient (Wildman–Crippen LogP) is 5.03. The number of amides is 1. The molecule has 1 saturated carbocycles. The van der Waals surface area contributed by atoms with Gasteiger partial charge in [-0.05, 0) is 54.7 Å². The van der Waals surface area contributed by atoms with Gasteiger partial charge in [0.05, 0.1) is 28.8 Å². The van der Waals surface area contributed by atoms with Gasteiger partial charge in [0.2, 0.25) is 0 Å². The summed E-state index contributed by atoms with van der Waals surface area (Å²) in [5.74, 6) is 0.251. The molecule has 7 heteroatoms. The minimum Gasteiger partial charge on any atom is -0.348 e. The summed E-state index contributed by atoms with van der Waals surface area (Å²) in [5, 5.41) is 15.2. The summed E-state index contributed by atoms with van der Waals surface area (Å²) in [6, 6.07) is 15.8. The number of carbonyl (C=O) groups is 1. The Kier molecular flexibility index (Phi) is 5.08. The summed E-state index contributed by atoms with van der Waals surface area (Å²) < 4.78 is 1.86. The molecule has 6 nitrogen and oxygen atoms in total. The summed E-state index contributed by atoms with van der Waals surface area (Å²) in [4.78, 5) is 13.0. The fourth-order valence-corrected chi connectivity index (χ4v) is 3.87. The van der Waals surface area contributed by atoms with Crippen molar-refractivity contribution >= 4 is 17.5 Å². The van der Waals surface area contributed by atoms with E-state index in [0.29, 0.717) is 23.0 Å². The molecule has 0 radical (unpaired) electrons. The molecule has 0 atom stereocenters. The smallest absolute Gasteiger partial charge is 0.255 e. The Morgan fingerprint density at radius 2 is 2.00 bits per heavy atom.